The minimum atomic E-state index is -0.717. The first-order chi connectivity index (χ1) is 23.2. The first kappa shape index (κ1) is 36.5. The Morgan fingerprint density at radius 3 is 2.22 bits per heavy atom. The van der Waals surface area contributed by atoms with Crippen LogP contribution in [0.4, 0.5) is 5.69 Å². The van der Waals surface area contributed by atoms with Crippen molar-refractivity contribution in [2.45, 2.75) is 19.4 Å². The van der Waals surface area contributed by atoms with Crippen LogP contribution >= 0.6 is 12.4 Å². The number of amides is 3. The molecule has 0 aromatic heterocycles. The van der Waals surface area contributed by atoms with Gasteiger partial charge in [-0.15, -0.1) is 12.4 Å². The van der Waals surface area contributed by atoms with Gasteiger partial charge in [0, 0.05) is 44.0 Å². The van der Waals surface area contributed by atoms with Crippen LogP contribution in [0, 0.1) is 0 Å². The Bertz CT molecular complexity index is 1840. The molecule has 0 spiro atoms. The molecule has 0 aliphatic carbocycles. The molecule has 9 nitrogen and oxygen atoms in total. The number of nitrogens with two attached hydrogens (primary N) is 1. The second-order valence-corrected chi connectivity index (χ2v) is 11.6. The molecule has 10 heteroatoms. The third kappa shape index (κ3) is 9.59. The zero-order chi connectivity index (χ0) is 34.0. The maximum Gasteiger partial charge on any atom is 0.265 e. The standard InChI is InChI=1S/C39H40N4O5.ClH/c1-42(34(38(40)45)23-28-8-5-4-6-9-28)37(44)17-14-29-10-7-11-31(22-29)39(46)41-33-15-12-27(13-16-33)18-20-43-21-19-30-24-35(47-2)36(48-3)25-32(30)26-43;/h4-17,22-25H,18-21,26H2,1-3H3,(H2,40,45)(H,41,46);1H/b17-14+,34-23-;. The number of hydrogen-bond acceptors (Lipinski definition) is 6. The van der Waals surface area contributed by atoms with Crippen molar-refractivity contribution in [3.63, 3.8) is 0 Å². The lowest BCUT2D eigenvalue weighted by Gasteiger charge is -2.29. The van der Waals surface area contributed by atoms with Crippen LogP contribution in [0.1, 0.15) is 38.2 Å². The van der Waals surface area contributed by atoms with E-state index in [1.807, 2.05) is 54.6 Å². The summed E-state index contributed by atoms with van der Waals surface area (Å²) >= 11 is 0. The Morgan fingerprint density at radius 2 is 1.55 bits per heavy atom. The number of halogens is 1. The molecule has 0 saturated heterocycles. The third-order valence-corrected chi connectivity index (χ3v) is 8.34. The number of hydrogen-bond donors (Lipinski definition) is 2. The summed E-state index contributed by atoms with van der Waals surface area (Å²) in [6.45, 7) is 2.77. The number of benzene rings is 4. The number of nitrogens with one attached hydrogen (secondary N) is 1. The Kier molecular flexibility index (Phi) is 12.8. The van der Waals surface area contributed by atoms with E-state index >= 15 is 0 Å². The van der Waals surface area contributed by atoms with Crippen LogP contribution in [0.25, 0.3) is 12.2 Å². The van der Waals surface area contributed by atoms with Crippen molar-refractivity contribution in [3.05, 3.63) is 136 Å². The van der Waals surface area contributed by atoms with Gasteiger partial charge < -0.3 is 25.4 Å². The van der Waals surface area contributed by atoms with Crippen molar-refractivity contribution in [2.75, 3.05) is 39.7 Å². The van der Waals surface area contributed by atoms with Gasteiger partial charge >= 0.3 is 0 Å². The smallest absolute Gasteiger partial charge is 0.265 e. The Morgan fingerprint density at radius 1 is 0.878 bits per heavy atom. The van der Waals surface area contributed by atoms with Crippen molar-refractivity contribution >= 4 is 48.0 Å². The van der Waals surface area contributed by atoms with Gasteiger partial charge in [0.05, 0.1) is 14.2 Å². The maximum absolute atomic E-state index is 13.1. The fourth-order valence-electron chi connectivity index (χ4n) is 5.60. The summed E-state index contributed by atoms with van der Waals surface area (Å²) < 4.78 is 10.9. The second kappa shape index (κ2) is 17.1. The van der Waals surface area contributed by atoms with Crippen molar-refractivity contribution in [2.24, 2.45) is 5.73 Å². The van der Waals surface area contributed by atoms with E-state index in [1.54, 1.807) is 50.6 Å². The van der Waals surface area contributed by atoms with Gasteiger partial charge in [0.25, 0.3) is 17.7 Å². The first-order valence-electron chi connectivity index (χ1n) is 15.7. The first-order valence-corrected chi connectivity index (χ1v) is 15.7. The number of carbonyl (C=O) groups is 3. The molecule has 3 amide bonds. The van der Waals surface area contributed by atoms with Crippen LogP contribution in [0.15, 0.2) is 103 Å². The van der Waals surface area contributed by atoms with Gasteiger partial charge in [0.1, 0.15) is 5.70 Å². The monoisotopic (exact) mass is 680 g/mol. The molecule has 4 aromatic rings. The van der Waals surface area contributed by atoms with E-state index in [9.17, 15) is 14.4 Å². The highest BCUT2D eigenvalue weighted by Gasteiger charge is 2.20. The minimum Gasteiger partial charge on any atom is -0.493 e. The Balaban J connectivity index is 0.00000541. The summed E-state index contributed by atoms with van der Waals surface area (Å²) in [4.78, 5) is 41.6. The van der Waals surface area contributed by atoms with E-state index in [2.05, 4.69) is 22.3 Å². The molecule has 0 unspecified atom stereocenters. The Hall–Kier alpha value is -5.38. The SMILES string of the molecule is COc1cc2c(cc1OC)CN(CCc1ccc(NC(=O)c3cccc(/C=C/C(=O)N(C)/C(=C\c4ccccc4)C(N)=O)c3)cc1)CC2.Cl. The largest absolute Gasteiger partial charge is 0.493 e. The van der Waals surface area contributed by atoms with E-state index in [-0.39, 0.29) is 24.0 Å². The predicted octanol–water partition coefficient (Wildman–Crippen LogP) is 5.98. The maximum atomic E-state index is 13.1. The molecule has 1 heterocycles. The minimum absolute atomic E-state index is 0. The molecule has 3 N–H and O–H groups in total. The van der Waals surface area contributed by atoms with Crippen LogP contribution in [0.3, 0.4) is 0 Å². The van der Waals surface area contributed by atoms with Crippen LogP contribution in [0.5, 0.6) is 11.5 Å². The fraction of sp³-hybridized carbons (Fsp3) is 0.205. The van der Waals surface area contributed by atoms with Gasteiger partial charge in [-0.2, -0.15) is 0 Å². The molecule has 1 aliphatic rings. The van der Waals surface area contributed by atoms with Gasteiger partial charge in [-0.3, -0.25) is 19.3 Å². The van der Waals surface area contributed by atoms with E-state index < -0.39 is 11.8 Å². The van der Waals surface area contributed by atoms with Gasteiger partial charge in [0.2, 0.25) is 0 Å². The van der Waals surface area contributed by atoms with Gasteiger partial charge in [0.15, 0.2) is 11.5 Å². The molecular weight excluding hydrogens is 640 g/mol. The van der Waals surface area contributed by atoms with E-state index in [4.69, 9.17) is 15.2 Å². The second-order valence-electron chi connectivity index (χ2n) is 11.6. The van der Waals surface area contributed by atoms with E-state index in [0.29, 0.717) is 16.8 Å². The summed E-state index contributed by atoms with van der Waals surface area (Å²) in [6.07, 6.45) is 6.36. The number of anilines is 1. The predicted molar refractivity (Wildman–Crippen MR) is 196 cm³/mol. The molecule has 254 valence electrons. The van der Waals surface area contributed by atoms with Crippen LogP contribution in [0.2, 0.25) is 0 Å². The molecule has 1 aliphatic heterocycles. The van der Waals surface area contributed by atoms with Crippen molar-refractivity contribution in [1.29, 1.82) is 0 Å². The third-order valence-electron chi connectivity index (χ3n) is 8.34. The normalized spacial score (nSPS) is 12.8. The van der Waals surface area contributed by atoms with Gasteiger partial charge in [-0.1, -0.05) is 54.6 Å². The van der Waals surface area contributed by atoms with Crippen LogP contribution < -0.4 is 20.5 Å². The number of likely N-dealkylation sites (N-methyl/N-ethyl adjacent to an activating group) is 1. The summed E-state index contributed by atoms with van der Waals surface area (Å²) in [5, 5.41) is 2.95. The quantitative estimate of drug-likeness (QED) is 0.178. The zero-order valence-electron chi connectivity index (χ0n) is 27.8. The number of nitrogens with zero attached hydrogens (tertiary/aromatic N) is 2. The van der Waals surface area contributed by atoms with Crippen molar-refractivity contribution in [3.8, 4) is 11.5 Å². The zero-order valence-corrected chi connectivity index (χ0v) is 28.7. The molecule has 0 fully saturated rings. The molecule has 4 aromatic carbocycles. The van der Waals surface area contributed by atoms with E-state index in [1.165, 1.54) is 34.7 Å². The average molecular weight is 681 g/mol. The molecule has 0 bridgehead atoms. The highest BCUT2D eigenvalue weighted by molar-refractivity contribution is 6.05. The highest BCUT2D eigenvalue weighted by Crippen LogP contribution is 2.33. The molecule has 5 rings (SSSR count). The van der Waals surface area contributed by atoms with E-state index in [0.717, 1.165) is 49.5 Å². The molecule has 0 saturated carbocycles. The van der Waals surface area contributed by atoms with Crippen molar-refractivity contribution < 1.29 is 23.9 Å². The summed E-state index contributed by atoms with van der Waals surface area (Å²) in [5.74, 6) is 0.112. The number of methoxy groups -OCH3 is 2. The number of carbonyl (C=O) groups excluding carboxylic acids is 3. The summed E-state index contributed by atoms with van der Waals surface area (Å²) in [6, 6.07) is 28.2. The molecule has 0 radical (unpaired) electrons. The lowest BCUT2D eigenvalue weighted by molar-refractivity contribution is -0.126. The molecular formula is C39H41ClN4O5. The number of ether oxygens (including phenoxy) is 2. The van der Waals surface area contributed by atoms with Crippen molar-refractivity contribution in [1.82, 2.24) is 9.80 Å². The highest BCUT2D eigenvalue weighted by atomic mass is 35.5. The topological polar surface area (TPSA) is 114 Å². The number of primary amides is 1. The molecule has 49 heavy (non-hydrogen) atoms. The number of rotatable bonds is 12. The fourth-order valence-corrected chi connectivity index (χ4v) is 5.60. The summed E-state index contributed by atoms with van der Waals surface area (Å²) in [7, 11) is 4.81. The van der Waals surface area contributed by atoms with Crippen LogP contribution in [-0.2, 0) is 29.0 Å². The lowest BCUT2D eigenvalue weighted by atomic mass is 9.98. The Labute approximate surface area is 293 Å². The number of fused-ring (bicyclic) bond motifs is 1. The average Bonchev–Trinajstić information content (AvgIpc) is 3.11. The van der Waals surface area contributed by atoms with Gasteiger partial charge in [-0.25, -0.2) is 0 Å². The van der Waals surface area contributed by atoms with Crippen LogP contribution in [-0.4, -0.2) is 61.9 Å². The summed E-state index contributed by atoms with van der Waals surface area (Å²) in [5.41, 5.74) is 11.9. The molecule has 0 atom stereocenters. The van der Waals surface area contributed by atoms with Gasteiger partial charge in [-0.05, 0) is 89.2 Å². The lowest BCUT2D eigenvalue weighted by Crippen LogP contribution is -2.32.